The van der Waals surface area contributed by atoms with E-state index in [1.165, 1.54) is 0 Å². The van der Waals surface area contributed by atoms with Crippen molar-refractivity contribution in [2.45, 2.75) is 156 Å². The van der Waals surface area contributed by atoms with Crippen LogP contribution in [0, 0.1) is 10.8 Å². The van der Waals surface area contributed by atoms with Gasteiger partial charge < -0.3 is 24.8 Å². The number of ketones is 1. The van der Waals surface area contributed by atoms with Crippen LogP contribution in [0.15, 0.2) is 100 Å². The van der Waals surface area contributed by atoms with Crippen molar-refractivity contribution in [1.29, 1.82) is 0 Å². The molecule has 3 fully saturated rings. The number of carbonyl (C=O) groups is 2. The minimum absolute atomic E-state index is 0.0681. The second kappa shape index (κ2) is 18.3. The number of epoxide rings is 1. The molecule has 2 aliphatic carbocycles. The SMILES string of the molecule is CCCCCC(=O)OC\C(C=C=C1C(C)(C)C[C@H](O)C[C@@]1(C)O)=C/C=C/C(C)=C/C=C/C=C(C)/C=C/C=C(\C)C(=O)C[C@@]12O[C@]1(C)C[C@@H](O)CC2(C)C. The monoisotopic (exact) mass is 730 g/mol. The van der Waals surface area contributed by atoms with E-state index in [4.69, 9.17) is 9.47 Å². The zero-order chi connectivity index (χ0) is 39.7. The summed E-state index contributed by atoms with van der Waals surface area (Å²) < 4.78 is 11.8. The zero-order valence-electron chi connectivity index (χ0n) is 34.1. The summed E-state index contributed by atoms with van der Waals surface area (Å²) in [5.74, 6) is -0.165. The maximum atomic E-state index is 13.1. The van der Waals surface area contributed by atoms with Gasteiger partial charge in [-0.1, -0.05) is 119 Å². The molecule has 53 heavy (non-hydrogen) atoms. The molecule has 0 radical (unpaired) electrons. The van der Waals surface area contributed by atoms with Crippen molar-refractivity contribution in [2.24, 2.45) is 10.8 Å². The van der Waals surface area contributed by atoms with E-state index >= 15 is 0 Å². The number of hydrogen-bond acceptors (Lipinski definition) is 7. The molecule has 1 saturated heterocycles. The van der Waals surface area contributed by atoms with Crippen LogP contribution in [-0.4, -0.2) is 62.7 Å². The van der Waals surface area contributed by atoms with Crippen LogP contribution in [0.4, 0.5) is 0 Å². The Bertz CT molecular complexity index is 1600. The van der Waals surface area contributed by atoms with Crippen LogP contribution in [0.25, 0.3) is 0 Å². The van der Waals surface area contributed by atoms with Gasteiger partial charge >= 0.3 is 5.97 Å². The molecule has 7 nitrogen and oxygen atoms in total. The molecule has 3 N–H and O–H groups in total. The number of esters is 1. The van der Waals surface area contributed by atoms with Crippen molar-refractivity contribution < 1.29 is 34.4 Å². The van der Waals surface area contributed by atoms with E-state index in [0.29, 0.717) is 37.7 Å². The molecule has 0 unspecified atom stereocenters. The van der Waals surface area contributed by atoms with Crippen LogP contribution < -0.4 is 0 Å². The summed E-state index contributed by atoms with van der Waals surface area (Å²) in [6.45, 7) is 19.9. The summed E-state index contributed by atoms with van der Waals surface area (Å²) in [4.78, 5) is 25.5. The van der Waals surface area contributed by atoms with Gasteiger partial charge in [-0.15, -0.1) is 5.73 Å². The molecule has 3 aliphatic rings. The van der Waals surface area contributed by atoms with Crippen molar-refractivity contribution >= 4 is 11.8 Å². The fourth-order valence-corrected chi connectivity index (χ4v) is 8.27. The number of allylic oxidation sites excluding steroid dienone is 13. The first kappa shape index (κ1) is 44.1. The molecule has 5 atom stereocenters. The standard InChI is InChI=1S/C46H66O7/c1-11-12-13-24-41(50)52-32-36(25-26-40-42(5,6)27-37(47)29-44(40,9)51)23-17-21-34(3)19-15-14-18-33(2)20-16-22-35(4)39(49)31-46-43(7,8)28-38(48)30-45(46,10)53-46/h14-23,25,37-38,47-48,51H,11-13,24,27-32H2,1-10H3/b15-14+,20-16+,21-17+,33-18+,34-19+,35-22+,36-23-/t26?,37-,38-,44+,45+,46-/m0/s1. The van der Waals surface area contributed by atoms with Gasteiger partial charge in [0.25, 0.3) is 0 Å². The lowest BCUT2D eigenvalue weighted by Gasteiger charge is -2.43. The van der Waals surface area contributed by atoms with E-state index < -0.39 is 34.4 Å². The van der Waals surface area contributed by atoms with E-state index in [1.54, 1.807) is 13.0 Å². The molecular formula is C46H66O7. The van der Waals surface area contributed by atoms with Crippen molar-refractivity contribution in [3.8, 4) is 0 Å². The van der Waals surface area contributed by atoms with Crippen LogP contribution in [-0.2, 0) is 19.1 Å². The lowest BCUT2D eigenvalue weighted by molar-refractivity contribution is -0.142. The predicted molar refractivity (Wildman–Crippen MR) is 214 cm³/mol. The largest absolute Gasteiger partial charge is 0.461 e. The number of rotatable bonds is 16. The maximum absolute atomic E-state index is 13.1. The van der Waals surface area contributed by atoms with Gasteiger partial charge in [0.2, 0.25) is 0 Å². The van der Waals surface area contributed by atoms with Gasteiger partial charge in [-0.3, -0.25) is 9.59 Å². The Morgan fingerprint density at radius 3 is 2.02 bits per heavy atom. The molecule has 0 aromatic rings. The Hall–Kier alpha value is -3.32. The van der Waals surface area contributed by atoms with Crippen LogP contribution in [0.1, 0.15) is 127 Å². The van der Waals surface area contributed by atoms with E-state index in [9.17, 15) is 24.9 Å². The summed E-state index contributed by atoms with van der Waals surface area (Å²) in [6, 6.07) is 0. The fourth-order valence-electron chi connectivity index (χ4n) is 8.27. The molecule has 3 rings (SSSR count). The van der Waals surface area contributed by atoms with Crippen LogP contribution in [0.5, 0.6) is 0 Å². The first-order valence-electron chi connectivity index (χ1n) is 19.4. The summed E-state index contributed by atoms with van der Waals surface area (Å²) in [7, 11) is 0. The molecule has 1 heterocycles. The lowest BCUT2D eigenvalue weighted by atomic mass is 9.61. The van der Waals surface area contributed by atoms with Crippen LogP contribution >= 0.6 is 0 Å². The maximum Gasteiger partial charge on any atom is 0.306 e. The molecule has 2 saturated carbocycles. The highest BCUT2D eigenvalue weighted by molar-refractivity contribution is 5.96. The van der Waals surface area contributed by atoms with Gasteiger partial charge in [0.1, 0.15) is 12.2 Å². The number of unbranched alkanes of at least 4 members (excludes halogenated alkanes) is 2. The Balaban J connectivity index is 1.64. The summed E-state index contributed by atoms with van der Waals surface area (Å²) >= 11 is 0. The summed E-state index contributed by atoms with van der Waals surface area (Å²) in [5.41, 5.74) is 4.63. The number of aliphatic hydroxyl groups excluding tert-OH is 2. The van der Waals surface area contributed by atoms with Crippen molar-refractivity contribution in [1.82, 2.24) is 0 Å². The molecule has 1 aliphatic heterocycles. The molecule has 0 aromatic heterocycles. The number of ether oxygens (including phenoxy) is 2. The highest BCUT2D eigenvalue weighted by Gasteiger charge is 2.76. The Kier molecular flexibility index (Phi) is 15.3. The summed E-state index contributed by atoms with van der Waals surface area (Å²) in [6.07, 6.45) is 25.7. The molecule has 0 amide bonds. The third kappa shape index (κ3) is 12.1. The van der Waals surface area contributed by atoms with Gasteiger partial charge in [0, 0.05) is 31.3 Å². The average molecular weight is 731 g/mol. The lowest BCUT2D eigenvalue weighted by Crippen LogP contribution is -2.48. The van der Waals surface area contributed by atoms with Gasteiger partial charge in [-0.2, -0.15) is 0 Å². The van der Waals surface area contributed by atoms with E-state index in [1.807, 2.05) is 102 Å². The molecule has 0 bridgehead atoms. The van der Waals surface area contributed by atoms with Gasteiger partial charge in [0.05, 0.1) is 23.4 Å². The van der Waals surface area contributed by atoms with Crippen molar-refractivity contribution in [2.75, 3.05) is 6.61 Å². The minimum Gasteiger partial charge on any atom is -0.461 e. The third-order valence-electron chi connectivity index (χ3n) is 11.1. The van der Waals surface area contributed by atoms with Crippen molar-refractivity contribution in [3.63, 3.8) is 0 Å². The summed E-state index contributed by atoms with van der Waals surface area (Å²) in [5, 5.41) is 31.7. The number of fused-ring (bicyclic) bond motifs is 1. The topological polar surface area (TPSA) is 117 Å². The van der Waals surface area contributed by atoms with Gasteiger partial charge in [-0.25, -0.2) is 0 Å². The van der Waals surface area contributed by atoms with Crippen LogP contribution in [0.3, 0.4) is 0 Å². The Labute approximate surface area is 319 Å². The van der Waals surface area contributed by atoms with E-state index in [0.717, 1.165) is 41.6 Å². The number of carbonyl (C=O) groups excluding carboxylic acids is 2. The average Bonchev–Trinajstić information content (AvgIpc) is 3.64. The molecule has 0 spiro atoms. The first-order chi connectivity index (χ1) is 24.7. The molecule has 292 valence electrons. The normalized spacial score (nSPS) is 30.5. The molecule has 0 aromatic carbocycles. The number of Topliss-reactive ketones (excluding diaryl/α,β-unsaturated/α-hetero) is 1. The van der Waals surface area contributed by atoms with Crippen LogP contribution in [0.2, 0.25) is 0 Å². The molecule has 7 heteroatoms. The number of hydrogen-bond donors (Lipinski definition) is 3. The highest BCUT2D eigenvalue weighted by atomic mass is 16.6. The Morgan fingerprint density at radius 1 is 0.830 bits per heavy atom. The quantitative estimate of drug-likeness (QED) is 0.0362. The third-order valence-corrected chi connectivity index (χ3v) is 11.1. The second-order valence-electron chi connectivity index (χ2n) is 17.2. The predicted octanol–water partition coefficient (Wildman–Crippen LogP) is 9.23. The minimum atomic E-state index is -1.19. The van der Waals surface area contributed by atoms with E-state index in [2.05, 4.69) is 26.5 Å². The highest BCUT2D eigenvalue weighted by Crippen LogP contribution is 2.67. The van der Waals surface area contributed by atoms with Crippen molar-refractivity contribution in [3.05, 3.63) is 100 Å². The Morgan fingerprint density at radius 2 is 1.43 bits per heavy atom. The first-order valence-corrected chi connectivity index (χ1v) is 19.4. The van der Waals surface area contributed by atoms with Gasteiger partial charge in [-0.05, 0) is 81.9 Å². The second-order valence-corrected chi connectivity index (χ2v) is 17.2. The van der Waals surface area contributed by atoms with Gasteiger partial charge in [0.15, 0.2) is 5.78 Å². The fraction of sp³-hybridized carbons (Fsp3) is 0.587. The smallest absolute Gasteiger partial charge is 0.306 e. The molecular weight excluding hydrogens is 664 g/mol. The number of aliphatic hydroxyl groups is 3. The zero-order valence-corrected chi connectivity index (χ0v) is 34.1. The van der Waals surface area contributed by atoms with E-state index in [-0.39, 0.29) is 30.2 Å².